The van der Waals surface area contributed by atoms with E-state index in [-0.39, 0.29) is 24.4 Å². The van der Waals surface area contributed by atoms with Gasteiger partial charge in [-0.3, -0.25) is 9.89 Å². The Morgan fingerprint density at radius 2 is 2.04 bits per heavy atom. The number of carbonyl (C=O) groups excluding carboxylic acids is 1. The molecule has 24 heavy (non-hydrogen) atoms. The standard InChI is InChI=1S/C17H17N5O.ClH/c23-17(14-8-11-4-1-2-5-12(11)9-19-14)20-10-15-13-6-3-7-18-16(13)22-21-15;/h1-7,14,19H,8-10H2,(H,20,23)(H,18,21,22);1H/t14-;/m1./s1. The second-order valence-electron chi connectivity index (χ2n) is 5.70. The molecule has 1 amide bonds. The molecule has 0 radical (unpaired) electrons. The van der Waals surface area contributed by atoms with Gasteiger partial charge in [-0.2, -0.15) is 5.10 Å². The van der Waals surface area contributed by atoms with E-state index in [1.54, 1.807) is 6.20 Å². The van der Waals surface area contributed by atoms with Crippen LogP contribution in [0.25, 0.3) is 11.0 Å². The van der Waals surface area contributed by atoms with Gasteiger partial charge in [0.05, 0.1) is 18.3 Å². The first kappa shape index (κ1) is 16.4. The zero-order chi connectivity index (χ0) is 15.6. The molecule has 4 rings (SSSR count). The molecule has 1 aliphatic rings. The molecule has 0 fully saturated rings. The first-order valence-electron chi connectivity index (χ1n) is 7.67. The summed E-state index contributed by atoms with van der Waals surface area (Å²) in [6.45, 7) is 1.14. The molecule has 1 aromatic carbocycles. The molecule has 1 atom stereocenters. The van der Waals surface area contributed by atoms with Crippen molar-refractivity contribution >= 4 is 29.3 Å². The third kappa shape index (κ3) is 3.11. The topological polar surface area (TPSA) is 82.7 Å². The van der Waals surface area contributed by atoms with Gasteiger partial charge in [0.15, 0.2) is 5.65 Å². The number of hydrogen-bond acceptors (Lipinski definition) is 4. The summed E-state index contributed by atoms with van der Waals surface area (Å²) in [7, 11) is 0. The number of carbonyl (C=O) groups is 1. The fraction of sp³-hybridized carbons (Fsp3) is 0.235. The molecule has 0 unspecified atom stereocenters. The highest BCUT2D eigenvalue weighted by atomic mass is 35.5. The lowest BCUT2D eigenvalue weighted by Crippen LogP contribution is -2.47. The largest absolute Gasteiger partial charge is 0.349 e. The predicted molar refractivity (Wildman–Crippen MR) is 93.8 cm³/mol. The van der Waals surface area contributed by atoms with Crippen molar-refractivity contribution in [2.24, 2.45) is 0 Å². The maximum Gasteiger partial charge on any atom is 0.237 e. The van der Waals surface area contributed by atoms with E-state index in [0.29, 0.717) is 18.6 Å². The van der Waals surface area contributed by atoms with Crippen LogP contribution in [0.2, 0.25) is 0 Å². The maximum atomic E-state index is 12.4. The third-order valence-corrected chi connectivity index (χ3v) is 4.25. The number of aromatic nitrogens is 3. The van der Waals surface area contributed by atoms with E-state index >= 15 is 0 Å². The van der Waals surface area contributed by atoms with Crippen molar-refractivity contribution in [2.45, 2.75) is 25.6 Å². The number of H-pyrrole nitrogens is 1. The molecule has 3 aromatic rings. The SMILES string of the molecule is Cl.O=C(NCc1[nH]nc2ncccc12)[C@H]1Cc2ccccc2CN1. The van der Waals surface area contributed by atoms with Crippen LogP contribution >= 0.6 is 12.4 Å². The van der Waals surface area contributed by atoms with Gasteiger partial charge in [0.1, 0.15) is 0 Å². The summed E-state index contributed by atoms with van der Waals surface area (Å²) < 4.78 is 0. The van der Waals surface area contributed by atoms with E-state index in [9.17, 15) is 4.79 Å². The zero-order valence-electron chi connectivity index (χ0n) is 13.0. The van der Waals surface area contributed by atoms with Crippen molar-refractivity contribution in [1.82, 2.24) is 25.8 Å². The summed E-state index contributed by atoms with van der Waals surface area (Å²) in [6.07, 6.45) is 2.42. The number of pyridine rings is 1. The predicted octanol–water partition coefficient (Wildman–Crippen LogP) is 1.71. The van der Waals surface area contributed by atoms with Gasteiger partial charge in [0, 0.05) is 18.1 Å². The first-order valence-corrected chi connectivity index (χ1v) is 7.67. The highest BCUT2D eigenvalue weighted by molar-refractivity contribution is 5.85. The summed E-state index contributed by atoms with van der Waals surface area (Å²) in [5.41, 5.74) is 4.05. The highest BCUT2D eigenvalue weighted by Gasteiger charge is 2.23. The van der Waals surface area contributed by atoms with E-state index in [0.717, 1.165) is 17.6 Å². The van der Waals surface area contributed by atoms with E-state index in [2.05, 4.69) is 37.9 Å². The van der Waals surface area contributed by atoms with Crippen molar-refractivity contribution < 1.29 is 4.79 Å². The molecule has 0 spiro atoms. The van der Waals surface area contributed by atoms with Crippen LogP contribution in [0, 0.1) is 0 Å². The summed E-state index contributed by atoms with van der Waals surface area (Å²) >= 11 is 0. The molecule has 1 aliphatic heterocycles. The van der Waals surface area contributed by atoms with Crippen LogP contribution in [0.3, 0.4) is 0 Å². The summed E-state index contributed by atoms with van der Waals surface area (Å²) in [4.78, 5) is 16.6. The van der Waals surface area contributed by atoms with Crippen molar-refractivity contribution in [2.75, 3.05) is 0 Å². The van der Waals surface area contributed by atoms with Crippen LogP contribution in [0.4, 0.5) is 0 Å². The Bertz CT molecular complexity index is 863. The van der Waals surface area contributed by atoms with Crippen LogP contribution in [0.15, 0.2) is 42.6 Å². The van der Waals surface area contributed by atoms with Crippen molar-refractivity contribution in [3.63, 3.8) is 0 Å². The number of aromatic amines is 1. The van der Waals surface area contributed by atoms with Crippen molar-refractivity contribution in [1.29, 1.82) is 0 Å². The quantitative estimate of drug-likeness (QED) is 0.676. The number of benzene rings is 1. The highest BCUT2D eigenvalue weighted by Crippen LogP contribution is 2.17. The Labute approximate surface area is 145 Å². The van der Waals surface area contributed by atoms with Crippen LogP contribution in [-0.2, 0) is 24.3 Å². The lowest BCUT2D eigenvalue weighted by Gasteiger charge is -2.25. The minimum Gasteiger partial charge on any atom is -0.349 e. The van der Waals surface area contributed by atoms with Crippen LogP contribution < -0.4 is 10.6 Å². The Morgan fingerprint density at radius 3 is 2.92 bits per heavy atom. The number of halogens is 1. The minimum absolute atomic E-state index is 0. The average molecular weight is 344 g/mol. The molecular formula is C17H18ClN5O. The molecule has 0 aliphatic carbocycles. The molecule has 6 nitrogen and oxygen atoms in total. The lowest BCUT2D eigenvalue weighted by molar-refractivity contribution is -0.123. The van der Waals surface area contributed by atoms with E-state index in [1.807, 2.05) is 24.3 Å². The van der Waals surface area contributed by atoms with E-state index in [4.69, 9.17) is 0 Å². The van der Waals surface area contributed by atoms with Crippen LogP contribution in [0.1, 0.15) is 16.8 Å². The Balaban J connectivity index is 0.00000169. The monoisotopic (exact) mass is 343 g/mol. The average Bonchev–Trinajstić information content (AvgIpc) is 3.02. The number of fused-ring (bicyclic) bond motifs is 2. The molecule has 124 valence electrons. The van der Waals surface area contributed by atoms with Gasteiger partial charge in [-0.15, -0.1) is 12.4 Å². The van der Waals surface area contributed by atoms with Gasteiger partial charge in [0.25, 0.3) is 0 Å². The minimum atomic E-state index is -0.197. The third-order valence-electron chi connectivity index (χ3n) is 4.25. The van der Waals surface area contributed by atoms with E-state index < -0.39 is 0 Å². The molecular weight excluding hydrogens is 326 g/mol. The first-order chi connectivity index (χ1) is 11.3. The van der Waals surface area contributed by atoms with Gasteiger partial charge in [-0.25, -0.2) is 4.98 Å². The van der Waals surface area contributed by atoms with E-state index in [1.165, 1.54) is 11.1 Å². The fourth-order valence-corrected chi connectivity index (χ4v) is 2.98. The smallest absolute Gasteiger partial charge is 0.237 e. The van der Waals surface area contributed by atoms with Gasteiger partial charge in [-0.05, 0) is 29.7 Å². The molecule has 2 aromatic heterocycles. The molecule has 3 heterocycles. The maximum absolute atomic E-state index is 12.4. The second kappa shape index (κ2) is 6.98. The number of hydrogen-bond donors (Lipinski definition) is 3. The van der Waals surface area contributed by atoms with Gasteiger partial charge >= 0.3 is 0 Å². The van der Waals surface area contributed by atoms with Crippen LogP contribution in [0.5, 0.6) is 0 Å². The fourth-order valence-electron chi connectivity index (χ4n) is 2.98. The Kier molecular flexibility index (Phi) is 4.78. The lowest BCUT2D eigenvalue weighted by atomic mass is 9.95. The van der Waals surface area contributed by atoms with Gasteiger partial charge in [-0.1, -0.05) is 24.3 Å². The molecule has 3 N–H and O–H groups in total. The Morgan fingerprint density at radius 1 is 1.21 bits per heavy atom. The van der Waals surface area contributed by atoms with Crippen molar-refractivity contribution in [3.05, 3.63) is 59.4 Å². The zero-order valence-corrected chi connectivity index (χ0v) is 13.8. The normalized spacial score (nSPS) is 16.2. The molecule has 0 saturated carbocycles. The number of nitrogens with zero attached hydrogens (tertiary/aromatic N) is 2. The molecule has 0 saturated heterocycles. The number of amides is 1. The molecule has 7 heteroatoms. The van der Waals surface area contributed by atoms with Crippen molar-refractivity contribution in [3.8, 4) is 0 Å². The van der Waals surface area contributed by atoms with Crippen LogP contribution in [-0.4, -0.2) is 27.1 Å². The number of rotatable bonds is 3. The summed E-state index contributed by atoms with van der Waals surface area (Å²) in [5.74, 6) is 0.00569. The Hall–Kier alpha value is -2.44. The summed E-state index contributed by atoms with van der Waals surface area (Å²) in [6, 6.07) is 11.8. The molecule has 0 bridgehead atoms. The van der Waals surface area contributed by atoms with Gasteiger partial charge < -0.3 is 10.6 Å². The number of nitrogens with one attached hydrogen (secondary N) is 3. The van der Waals surface area contributed by atoms with Gasteiger partial charge in [0.2, 0.25) is 5.91 Å². The summed E-state index contributed by atoms with van der Waals surface area (Å²) in [5, 5.41) is 14.3. The second-order valence-corrected chi connectivity index (χ2v) is 5.70.